The van der Waals surface area contributed by atoms with Crippen molar-refractivity contribution < 1.29 is 17.7 Å². The summed E-state index contributed by atoms with van der Waals surface area (Å²) in [6.45, 7) is 0. The van der Waals surface area contributed by atoms with Gasteiger partial charge >= 0.3 is 11.9 Å². The van der Waals surface area contributed by atoms with Gasteiger partial charge in [0.2, 0.25) is 5.82 Å². The molecule has 0 spiro atoms. The number of pyridine rings is 1. The molecule has 0 bridgehead atoms. The second-order valence-electron chi connectivity index (χ2n) is 3.28. The van der Waals surface area contributed by atoms with Crippen LogP contribution in [0.1, 0.15) is 5.56 Å². The molecule has 0 aromatic carbocycles. The average molecular weight is 245 g/mol. The molecule has 8 heteroatoms. The van der Waals surface area contributed by atoms with Crippen molar-refractivity contribution in [3.05, 3.63) is 34.4 Å². The van der Waals surface area contributed by atoms with Crippen molar-refractivity contribution in [3.63, 3.8) is 0 Å². The fraction of sp³-hybridized carbons (Fsp3) is 0.222. The quantitative estimate of drug-likeness (QED) is 0.870. The first-order valence-electron chi connectivity index (χ1n) is 4.52. The molecule has 0 aliphatic rings. The number of halogens is 3. The largest absolute Gasteiger partial charge is 0.439 e. The van der Waals surface area contributed by atoms with Crippen LogP contribution in [0.2, 0.25) is 0 Å². The molecule has 0 amide bonds. The average Bonchev–Trinajstić information content (AvgIpc) is 2.63. The molecule has 0 aliphatic carbocycles. The zero-order valence-electron chi connectivity index (χ0n) is 8.28. The lowest BCUT2D eigenvalue weighted by Crippen LogP contribution is -2.11. The third-order valence-corrected chi connectivity index (χ3v) is 1.91. The van der Waals surface area contributed by atoms with Gasteiger partial charge in [-0.3, -0.25) is 14.5 Å². The molecule has 0 fully saturated rings. The summed E-state index contributed by atoms with van der Waals surface area (Å²) in [5.74, 6) is -0.790. The molecule has 2 aromatic heterocycles. The van der Waals surface area contributed by atoms with Crippen LogP contribution in [-0.4, -0.2) is 21.3 Å². The van der Waals surface area contributed by atoms with E-state index in [1.807, 2.05) is 0 Å². The van der Waals surface area contributed by atoms with Gasteiger partial charge in [-0.25, -0.2) is 4.79 Å². The molecule has 0 saturated heterocycles. The van der Waals surface area contributed by atoms with Crippen LogP contribution in [0, 0.1) is 0 Å². The first-order chi connectivity index (χ1) is 7.94. The molecule has 1 N–H and O–H groups in total. The highest BCUT2D eigenvalue weighted by atomic mass is 19.4. The Hall–Kier alpha value is -2.12. The van der Waals surface area contributed by atoms with E-state index in [4.69, 9.17) is 0 Å². The summed E-state index contributed by atoms with van der Waals surface area (Å²) in [5.41, 5.74) is 0.156. The van der Waals surface area contributed by atoms with Gasteiger partial charge in [0.05, 0.1) is 6.42 Å². The van der Waals surface area contributed by atoms with Gasteiger partial charge in [0, 0.05) is 6.20 Å². The standard InChI is InChI=1S/C9H6F3N3O2/c10-9(11,12)4-5-1-2-13-6(3-5)7-14-8(16)17-15-7/h1-3H,4H2,(H,14,15,16). The number of nitrogens with zero attached hydrogens (tertiary/aromatic N) is 2. The molecule has 5 nitrogen and oxygen atoms in total. The highest BCUT2D eigenvalue weighted by Gasteiger charge is 2.27. The monoisotopic (exact) mass is 245 g/mol. The summed E-state index contributed by atoms with van der Waals surface area (Å²) in [6, 6.07) is 2.44. The molecular weight excluding hydrogens is 239 g/mol. The Morgan fingerprint density at radius 2 is 2.18 bits per heavy atom. The molecule has 90 valence electrons. The lowest BCUT2D eigenvalue weighted by molar-refractivity contribution is -0.127. The molecule has 0 aliphatic heterocycles. The zero-order valence-corrected chi connectivity index (χ0v) is 8.28. The summed E-state index contributed by atoms with van der Waals surface area (Å²) in [5, 5.41) is 3.34. The Morgan fingerprint density at radius 1 is 1.41 bits per heavy atom. The fourth-order valence-corrected chi connectivity index (χ4v) is 1.29. The van der Waals surface area contributed by atoms with Gasteiger partial charge in [-0.15, -0.1) is 0 Å². The maximum Gasteiger partial charge on any atom is 0.439 e. The number of alkyl halides is 3. The van der Waals surface area contributed by atoms with Gasteiger partial charge in [-0.2, -0.15) is 13.2 Å². The molecule has 17 heavy (non-hydrogen) atoms. The van der Waals surface area contributed by atoms with Crippen LogP contribution in [0.25, 0.3) is 11.5 Å². The third-order valence-electron chi connectivity index (χ3n) is 1.91. The summed E-state index contributed by atoms with van der Waals surface area (Å²) in [6.07, 6.45) is -4.15. The topological polar surface area (TPSA) is 71.8 Å². The molecule has 2 heterocycles. The van der Waals surface area contributed by atoms with E-state index in [0.717, 1.165) is 0 Å². The van der Waals surface area contributed by atoms with Crippen molar-refractivity contribution in [2.75, 3.05) is 0 Å². The van der Waals surface area contributed by atoms with Crippen molar-refractivity contribution in [1.29, 1.82) is 0 Å². The van der Waals surface area contributed by atoms with Crippen molar-refractivity contribution in [3.8, 4) is 11.5 Å². The number of hydrogen-bond acceptors (Lipinski definition) is 4. The summed E-state index contributed by atoms with van der Waals surface area (Å²) in [7, 11) is 0. The third kappa shape index (κ3) is 2.92. The number of nitrogens with one attached hydrogen (secondary N) is 1. The van der Waals surface area contributed by atoms with Crippen LogP contribution < -0.4 is 5.76 Å². The molecule has 2 rings (SSSR count). The van der Waals surface area contributed by atoms with Crippen LogP contribution >= 0.6 is 0 Å². The Morgan fingerprint density at radius 3 is 2.76 bits per heavy atom. The summed E-state index contributed by atoms with van der Waals surface area (Å²) >= 11 is 0. The lowest BCUT2D eigenvalue weighted by Gasteiger charge is -2.06. The molecular formula is C9H6F3N3O2. The Bertz CT molecular complexity index is 573. The molecule has 0 radical (unpaired) electrons. The maximum absolute atomic E-state index is 12.2. The minimum Gasteiger partial charge on any atom is -0.296 e. The minimum absolute atomic E-state index is 0.000903. The minimum atomic E-state index is -4.30. The predicted octanol–water partition coefficient (Wildman–Crippen LogP) is 1.53. The van der Waals surface area contributed by atoms with Gasteiger partial charge in [0.15, 0.2) is 0 Å². The predicted molar refractivity (Wildman–Crippen MR) is 50.1 cm³/mol. The van der Waals surface area contributed by atoms with Crippen molar-refractivity contribution in [2.45, 2.75) is 12.6 Å². The van der Waals surface area contributed by atoms with Crippen LogP contribution in [0.5, 0.6) is 0 Å². The molecule has 0 saturated carbocycles. The smallest absolute Gasteiger partial charge is 0.296 e. The van der Waals surface area contributed by atoms with E-state index >= 15 is 0 Å². The van der Waals surface area contributed by atoms with E-state index in [9.17, 15) is 18.0 Å². The number of hydrogen-bond donors (Lipinski definition) is 1. The SMILES string of the molecule is O=c1[nH]c(-c2cc(CC(F)(F)F)ccn2)no1. The molecule has 0 unspecified atom stereocenters. The second-order valence-corrected chi connectivity index (χ2v) is 3.28. The van der Waals surface area contributed by atoms with E-state index in [1.54, 1.807) is 0 Å². The highest BCUT2D eigenvalue weighted by Crippen LogP contribution is 2.22. The van der Waals surface area contributed by atoms with Crippen molar-refractivity contribution in [2.24, 2.45) is 0 Å². The lowest BCUT2D eigenvalue weighted by atomic mass is 10.1. The van der Waals surface area contributed by atoms with E-state index in [2.05, 4.69) is 19.6 Å². The van der Waals surface area contributed by atoms with Gasteiger partial charge in [0.25, 0.3) is 0 Å². The van der Waals surface area contributed by atoms with E-state index in [-0.39, 0.29) is 17.1 Å². The van der Waals surface area contributed by atoms with Crippen LogP contribution in [0.3, 0.4) is 0 Å². The van der Waals surface area contributed by atoms with E-state index in [0.29, 0.717) is 0 Å². The van der Waals surface area contributed by atoms with Crippen molar-refractivity contribution in [1.82, 2.24) is 15.1 Å². The molecule has 0 atom stereocenters. The van der Waals surface area contributed by atoms with Gasteiger partial charge in [-0.05, 0) is 17.7 Å². The first-order valence-corrected chi connectivity index (χ1v) is 4.52. The number of rotatable bonds is 2. The van der Waals surface area contributed by atoms with Crippen molar-refractivity contribution >= 4 is 0 Å². The van der Waals surface area contributed by atoms with E-state index < -0.39 is 18.4 Å². The van der Waals surface area contributed by atoms with Crippen LogP contribution in [-0.2, 0) is 6.42 Å². The van der Waals surface area contributed by atoms with Crippen LogP contribution in [0.4, 0.5) is 13.2 Å². The first kappa shape index (κ1) is 11.4. The normalized spacial score (nSPS) is 11.7. The summed E-state index contributed by atoms with van der Waals surface area (Å²) in [4.78, 5) is 16.7. The maximum atomic E-state index is 12.2. The van der Waals surface area contributed by atoms with Gasteiger partial charge in [-0.1, -0.05) is 5.16 Å². The molecule has 2 aromatic rings. The zero-order chi connectivity index (χ0) is 12.5. The fourth-order valence-electron chi connectivity index (χ4n) is 1.29. The second kappa shape index (κ2) is 4.04. The number of aromatic amines is 1. The summed E-state index contributed by atoms with van der Waals surface area (Å²) < 4.78 is 40.7. The highest BCUT2D eigenvalue weighted by molar-refractivity contribution is 5.48. The Kier molecular flexibility index (Phi) is 2.70. The van der Waals surface area contributed by atoms with Gasteiger partial charge < -0.3 is 0 Å². The number of aromatic nitrogens is 3. The van der Waals surface area contributed by atoms with Gasteiger partial charge in [0.1, 0.15) is 5.69 Å². The Labute approximate surface area is 92.3 Å². The Balaban J connectivity index is 2.32. The number of H-pyrrole nitrogens is 1. The van der Waals surface area contributed by atoms with Crippen LogP contribution in [0.15, 0.2) is 27.6 Å². The van der Waals surface area contributed by atoms with E-state index in [1.165, 1.54) is 18.3 Å².